The minimum atomic E-state index is -3.49. The minimum Gasteiger partial charge on any atom is -0.310 e. The normalized spacial score (nSPS) is 20.5. The number of carbonyl (C=O) groups is 1. The van der Waals surface area contributed by atoms with Crippen LogP contribution in [0.1, 0.15) is 18.4 Å². The van der Waals surface area contributed by atoms with Crippen molar-refractivity contribution in [2.24, 2.45) is 0 Å². The quantitative estimate of drug-likeness (QED) is 0.874. The fraction of sp³-hybridized carbons (Fsp3) is 0.533. The van der Waals surface area contributed by atoms with E-state index in [1.54, 1.807) is 17.0 Å². The minimum absolute atomic E-state index is 0. The summed E-state index contributed by atoms with van der Waals surface area (Å²) < 4.78 is 25.7. The van der Waals surface area contributed by atoms with Crippen LogP contribution in [0.4, 0.5) is 5.69 Å². The van der Waals surface area contributed by atoms with Gasteiger partial charge in [0, 0.05) is 26.3 Å². The van der Waals surface area contributed by atoms with Crippen molar-refractivity contribution in [3.63, 3.8) is 0 Å². The van der Waals surface area contributed by atoms with Gasteiger partial charge in [-0.1, -0.05) is 6.07 Å². The fourth-order valence-electron chi connectivity index (χ4n) is 3.04. The lowest BCUT2D eigenvalue weighted by Gasteiger charge is -2.22. The molecule has 0 spiro atoms. The number of sulfonamides is 1. The molecular weight excluding hydrogens is 338 g/mol. The Morgan fingerprint density at radius 1 is 1.35 bits per heavy atom. The highest BCUT2D eigenvalue weighted by Crippen LogP contribution is 2.32. The smallest absolute Gasteiger partial charge is 0.244 e. The van der Waals surface area contributed by atoms with Crippen molar-refractivity contribution in [2.45, 2.75) is 30.2 Å². The van der Waals surface area contributed by atoms with Gasteiger partial charge in [-0.3, -0.25) is 4.79 Å². The van der Waals surface area contributed by atoms with Gasteiger partial charge in [0.05, 0.1) is 10.9 Å². The second kappa shape index (κ2) is 6.76. The molecule has 0 aromatic heterocycles. The molecule has 1 unspecified atom stereocenters. The van der Waals surface area contributed by atoms with Gasteiger partial charge in [-0.25, -0.2) is 12.7 Å². The molecule has 0 saturated carbocycles. The number of rotatable bonds is 3. The molecule has 128 valence electrons. The van der Waals surface area contributed by atoms with Crippen molar-refractivity contribution >= 4 is 34.0 Å². The number of hydrogen-bond donors (Lipinski definition) is 1. The summed E-state index contributed by atoms with van der Waals surface area (Å²) in [6.07, 6.45) is 2.63. The molecule has 8 heteroatoms. The molecule has 0 aliphatic carbocycles. The summed E-state index contributed by atoms with van der Waals surface area (Å²) in [5, 5.41) is 3.21. The predicted molar refractivity (Wildman–Crippen MR) is 91.6 cm³/mol. The lowest BCUT2D eigenvalue weighted by atomic mass is 10.1. The van der Waals surface area contributed by atoms with Gasteiger partial charge in [-0.2, -0.15) is 0 Å². The monoisotopic (exact) mass is 359 g/mol. The second-order valence-electron chi connectivity index (χ2n) is 5.97. The molecule has 23 heavy (non-hydrogen) atoms. The van der Waals surface area contributed by atoms with Gasteiger partial charge in [-0.05, 0) is 43.5 Å². The molecule has 1 aromatic carbocycles. The van der Waals surface area contributed by atoms with Gasteiger partial charge in [0.1, 0.15) is 0 Å². The standard InChI is InChI=1S/C15H21N3O3S.ClH/c1-17(2)22(20,21)12-6-5-11-7-9-18(14(11)10-12)15(19)13-4-3-8-16-13;/h5-6,10,13,16H,3-4,7-9H2,1-2H3;1H. The van der Waals surface area contributed by atoms with Crippen LogP contribution in [0.2, 0.25) is 0 Å². The van der Waals surface area contributed by atoms with Crippen molar-refractivity contribution < 1.29 is 13.2 Å². The van der Waals surface area contributed by atoms with Crippen molar-refractivity contribution in [1.82, 2.24) is 9.62 Å². The van der Waals surface area contributed by atoms with Crippen molar-refractivity contribution in [3.05, 3.63) is 23.8 Å². The topological polar surface area (TPSA) is 69.7 Å². The number of nitrogens with one attached hydrogen (secondary N) is 1. The van der Waals surface area contributed by atoms with E-state index in [2.05, 4.69) is 5.32 Å². The largest absolute Gasteiger partial charge is 0.310 e. The number of halogens is 1. The molecule has 2 aliphatic heterocycles. The highest BCUT2D eigenvalue weighted by Gasteiger charge is 2.32. The van der Waals surface area contributed by atoms with E-state index in [4.69, 9.17) is 0 Å². The molecule has 2 heterocycles. The summed E-state index contributed by atoms with van der Waals surface area (Å²) in [5.41, 5.74) is 1.77. The zero-order valence-corrected chi connectivity index (χ0v) is 14.9. The van der Waals surface area contributed by atoms with Crippen molar-refractivity contribution in [2.75, 3.05) is 32.1 Å². The van der Waals surface area contributed by atoms with Crippen LogP contribution in [-0.4, -0.2) is 51.9 Å². The first-order chi connectivity index (χ1) is 10.4. The maximum absolute atomic E-state index is 12.6. The molecule has 1 aromatic rings. The molecule has 1 saturated heterocycles. The second-order valence-corrected chi connectivity index (χ2v) is 8.12. The molecule has 0 bridgehead atoms. The summed E-state index contributed by atoms with van der Waals surface area (Å²) in [6, 6.07) is 4.93. The van der Waals surface area contributed by atoms with Crippen LogP contribution in [0.3, 0.4) is 0 Å². The molecular formula is C15H22ClN3O3S. The Labute approximate surface area is 143 Å². The molecule has 1 fully saturated rings. The zero-order valence-electron chi connectivity index (χ0n) is 13.3. The first-order valence-corrected chi connectivity index (χ1v) is 8.95. The van der Waals surface area contributed by atoms with Crippen molar-refractivity contribution in [3.8, 4) is 0 Å². The highest BCUT2D eigenvalue weighted by atomic mass is 35.5. The van der Waals surface area contributed by atoms with E-state index in [-0.39, 0.29) is 29.3 Å². The van der Waals surface area contributed by atoms with E-state index in [0.717, 1.165) is 37.1 Å². The molecule has 2 aliphatic rings. The first kappa shape index (κ1) is 18.2. The van der Waals surface area contributed by atoms with Crippen LogP contribution < -0.4 is 10.2 Å². The van der Waals surface area contributed by atoms with Gasteiger partial charge in [0.15, 0.2) is 0 Å². The maximum atomic E-state index is 12.6. The first-order valence-electron chi connectivity index (χ1n) is 7.51. The number of amides is 1. The van der Waals surface area contributed by atoms with E-state index < -0.39 is 10.0 Å². The van der Waals surface area contributed by atoms with E-state index in [0.29, 0.717) is 6.54 Å². The van der Waals surface area contributed by atoms with E-state index in [1.807, 2.05) is 6.07 Å². The average Bonchev–Trinajstić information content (AvgIpc) is 3.15. The number of hydrogen-bond acceptors (Lipinski definition) is 4. The highest BCUT2D eigenvalue weighted by molar-refractivity contribution is 7.89. The van der Waals surface area contributed by atoms with Gasteiger partial charge in [0.2, 0.25) is 15.9 Å². The molecule has 1 atom stereocenters. The SMILES string of the molecule is CN(C)S(=O)(=O)c1ccc2c(c1)N(C(=O)C1CCCN1)CC2.Cl. The number of benzene rings is 1. The third-order valence-electron chi connectivity index (χ3n) is 4.36. The number of fused-ring (bicyclic) bond motifs is 1. The maximum Gasteiger partial charge on any atom is 0.244 e. The summed E-state index contributed by atoms with van der Waals surface area (Å²) in [4.78, 5) is 14.6. The third kappa shape index (κ3) is 3.24. The molecule has 6 nitrogen and oxygen atoms in total. The van der Waals surface area contributed by atoms with E-state index >= 15 is 0 Å². The van der Waals surface area contributed by atoms with Crippen molar-refractivity contribution in [1.29, 1.82) is 0 Å². The van der Waals surface area contributed by atoms with Gasteiger partial charge in [0.25, 0.3) is 0 Å². The molecule has 1 N–H and O–H groups in total. The van der Waals surface area contributed by atoms with Crippen LogP contribution in [0.15, 0.2) is 23.1 Å². The zero-order chi connectivity index (χ0) is 15.9. The number of carbonyl (C=O) groups excluding carboxylic acids is 1. The van der Waals surface area contributed by atoms with Gasteiger partial charge >= 0.3 is 0 Å². The fourth-order valence-corrected chi connectivity index (χ4v) is 3.96. The summed E-state index contributed by atoms with van der Waals surface area (Å²) >= 11 is 0. The van der Waals surface area contributed by atoms with Crippen LogP contribution in [0, 0.1) is 0 Å². The van der Waals surface area contributed by atoms with Crippen LogP contribution in [0.25, 0.3) is 0 Å². The summed E-state index contributed by atoms with van der Waals surface area (Å²) in [6.45, 7) is 1.49. The van der Waals surface area contributed by atoms with Gasteiger partial charge in [-0.15, -0.1) is 12.4 Å². The Morgan fingerprint density at radius 2 is 2.09 bits per heavy atom. The Balaban J connectivity index is 0.00000192. The predicted octanol–water partition coefficient (Wildman–Crippen LogP) is 1.000. The lowest BCUT2D eigenvalue weighted by molar-refractivity contribution is -0.120. The van der Waals surface area contributed by atoms with E-state index in [1.165, 1.54) is 18.4 Å². The Kier molecular flexibility index (Phi) is 5.35. The molecule has 1 amide bonds. The number of anilines is 1. The lowest BCUT2D eigenvalue weighted by Crippen LogP contribution is -2.43. The molecule has 3 rings (SSSR count). The molecule has 0 radical (unpaired) electrons. The Morgan fingerprint density at radius 3 is 2.70 bits per heavy atom. The van der Waals surface area contributed by atoms with Crippen LogP contribution in [0.5, 0.6) is 0 Å². The Bertz CT molecular complexity index is 700. The summed E-state index contributed by atoms with van der Waals surface area (Å²) in [5.74, 6) is 0.0515. The Hall–Kier alpha value is -1.15. The van der Waals surface area contributed by atoms with Crippen LogP contribution in [-0.2, 0) is 21.2 Å². The van der Waals surface area contributed by atoms with Crippen LogP contribution >= 0.6 is 12.4 Å². The summed E-state index contributed by atoms with van der Waals surface area (Å²) in [7, 11) is -0.471. The van der Waals surface area contributed by atoms with Gasteiger partial charge < -0.3 is 10.2 Å². The average molecular weight is 360 g/mol. The van der Waals surface area contributed by atoms with E-state index in [9.17, 15) is 13.2 Å². The number of nitrogens with zero attached hydrogens (tertiary/aromatic N) is 2. The third-order valence-corrected chi connectivity index (χ3v) is 6.17.